The van der Waals surface area contributed by atoms with Gasteiger partial charge in [0.1, 0.15) is 0 Å². The van der Waals surface area contributed by atoms with E-state index in [1.807, 2.05) is 0 Å². The van der Waals surface area contributed by atoms with Crippen LogP contribution in [0.1, 0.15) is 21.7 Å². The minimum Gasteiger partial charge on any atom is -0.351 e. The number of carbonyl (C=O) groups excluding carboxylic acids is 1. The molecule has 0 aliphatic heterocycles. The third-order valence-corrected chi connectivity index (χ3v) is 2.75. The van der Waals surface area contributed by atoms with E-state index in [0.29, 0.717) is 19.5 Å². The van der Waals surface area contributed by atoms with E-state index < -0.39 is 17.6 Å². The van der Waals surface area contributed by atoms with Crippen molar-refractivity contribution >= 4 is 17.2 Å². The molecule has 1 aromatic rings. The summed E-state index contributed by atoms with van der Waals surface area (Å²) in [4.78, 5) is 11.4. The monoisotopic (exact) mass is 252 g/mol. The third kappa shape index (κ3) is 3.49. The standard InChI is InChI=1S/C9H11F3N2OS/c10-9(11,12)6-4-7(16-5-6)8(15)14-3-1-2-13/h4-5H,1-3,13H2,(H,14,15). The summed E-state index contributed by atoms with van der Waals surface area (Å²) in [7, 11) is 0. The van der Waals surface area contributed by atoms with Crippen LogP contribution in [0.3, 0.4) is 0 Å². The number of hydrogen-bond donors (Lipinski definition) is 2. The van der Waals surface area contributed by atoms with Crippen molar-refractivity contribution in [3.05, 3.63) is 21.9 Å². The molecule has 90 valence electrons. The van der Waals surface area contributed by atoms with Crippen LogP contribution in [0, 0.1) is 0 Å². The first-order valence-corrected chi connectivity index (χ1v) is 5.47. The van der Waals surface area contributed by atoms with E-state index >= 15 is 0 Å². The fourth-order valence-corrected chi connectivity index (χ4v) is 1.82. The lowest BCUT2D eigenvalue weighted by molar-refractivity contribution is -0.137. The number of nitrogens with one attached hydrogen (secondary N) is 1. The van der Waals surface area contributed by atoms with Gasteiger partial charge in [-0.15, -0.1) is 11.3 Å². The van der Waals surface area contributed by atoms with Gasteiger partial charge in [0.05, 0.1) is 10.4 Å². The zero-order valence-electron chi connectivity index (χ0n) is 8.30. The number of amides is 1. The molecule has 1 aromatic heterocycles. The average molecular weight is 252 g/mol. The van der Waals surface area contributed by atoms with Crippen molar-refractivity contribution in [1.29, 1.82) is 0 Å². The van der Waals surface area contributed by atoms with E-state index in [1.54, 1.807) is 0 Å². The Labute approximate surface area is 94.4 Å². The Bertz CT molecular complexity index is 362. The molecule has 0 aromatic carbocycles. The van der Waals surface area contributed by atoms with Gasteiger partial charge in [-0.05, 0) is 19.0 Å². The highest BCUT2D eigenvalue weighted by atomic mass is 32.1. The predicted octanol–water partition coefficient (Wildman–Crippen LogP) is 1.85. The van der Waals surface area contributed by atoms with Crippen LogP contribution in [0.4, 0.5) is 13.2 Å². The first-order chi connectivity index (χ1) is 7.45. The maximum atomic E-state index is 12.2. The maximum Gasteiger partial charge on any atom is 0.417 e. The highest BCUT2D eigenvalue weighted by Crippen LogP contribution is 2.32. The Morgan fingerprint density at radius 3 is 2.69 bits per heavy atom. The van der Waals surface area contributed by atoms with Gasteiger partial charge in [0.25, 0.3) is 5.91 Å². The molecule has 0 atom stereocenters. The number of alkyl halides is 3. The molecule has 1 rings (SSSR count). The molecular formula is C9H11F3N2OS. The lowest BCUT2D eigenvalue weighted by atomic mass is 10.3. The predicted molar refractivity (Wildman–Crippen MR) is 55.3 cm³/mol. The molecule has 0 unspecified atom stereocenters. The Morgan fingerprint density at radius 2 is 2.19 bits per heavy atom. The highest BCUT2D eigenvalue weighted by molar-refractivity contribution is 7.12. The fourth-order valence-electron chi connectivity index (χ4n) is 0.995. The van der Waals surface area contributed by atoms with Gasteiger partial charge < -0.3 is 11.1 Å². The van der Waals surface area contributed by atoms with Gasteiger partial charge in [0.15, 0.2) is 0 Å². The van der Waals surface area contributed by atoms with Crippen LogP contribution in [0.5, 0.6) is 0 Å². The van der Waals surface area contributed by atoms with E-state index in [1.165, 1.54) is 0 Å². The van der Waals surface area contributed by atoms with Crippen LogP contribution in [-0.4, -0.2) is 19.0 Å². The van der Waals surface area contributed by atoms with Gasteiger partial charge in [-0.25, -0.2) is 0 Å². The molecule has 1 amide bonds. The topological polar surface area (TPSA) is 55.1 Å². The summed E-state index contributed by atoms with van der Waals surface area (Å²) in [5.74, 6) is -0.492. The quantitative estimate of drug-likeness (QED) is 0.803. The summed E-state index contributed by atoms with van der Waals surface area (Å²) in [5.41, 5.74) is 4.43. The third-order valence-electron chi connectivity index (χ3n) is 1.82. The number of carbonyl (C=O) groups is 1. The Kier molecular flexibility index (Phi) is 4.31. The summed E-state index contributed by atoms with van der Waals surface area (Å²) < 4.78 is 36.7. The number of rotatable bonds is 4. The summed E-state index contributed by atoms with van der Waals surface area (Å²) in [6.45, 7) is 0.799. The van der Waals surface area contributed by atoms with Crippen molar-refractivity contribution in [2.45, 2.75) is 12.6 Å². The molecule has 16 heavy (non-hydrogen) atoms. The van der Waals surface area contributed by atoms with E-state index in [-0.39, 0.29) is 4.88 Å². The smallest absolute Gasteiger partial charge is 0.351 e. The van der Waals surface area contributed by atoms with Gasteiger partial charge in [0.2, 0.25) is 0 Å². The molecule has 0 aliphatic carbocycles. The zero-order valence-corrected chi connectivity index (χ0v) is 9.12. The molecule has 0 saturated heterocycles. The van der Waals surface area contributed by atoms with Crippen molar-refractivity contribution in [2.24, 2.45) is 5.73 Å². The molecule has 1 heterocycles. The SMILES string of the molecule is NCCCNC(=O)c1cc(C(F)(F)F)cs1. The largest absolute Gasteiger partial charge is 0.417 e. The van der Waals surface area contributed by atoms with Gasteiger partial charge in [-0.3, -0.25) is 4.79 Å². The Hall–Kier alpha value is -1.08. The molecule has 0 saturated carbocycles. The average Bonchev–Trinajstić information content (AvgIpc) is 2.66. The van der Waals surface area contributed by atoms with Gasteiger partial charge >= 0.3 is 6.18 Å². The molecular weight excluding hydrogens is 241 g/mol. The van der Waals surface area contributed by atoms with Crippen LogP contribution < -0.4 is 11.1 Å². The van der Waals surface area contributed by atoms with Crippen LogP contribution in [0.2, 0.25) is 0 Å². The number of nitrogens with two attached hydrogens (primary N) is 1. The minimum absolute atomic E-state index is 0.0596. The van der Waals surface area contributed by atoms with E-state index in [4.69, 9.17) is 5.73 Å². The van der Waals surface area contributed by atoms with Crippen LogP contribution in [0.15, 0.2) is 11.4 Å². The Morgan fingerprint density at radius 1 is 1.50 bits per heavy atom. The van der Waals surface area contributed by atoms with Crippen molar-refractivity contribution < 1.29 is 18.0 Å². The Balaban J connectivity index is 2.60. The number of halogens is 3. The second-order valence-electron chi connectivity index (χ2n) is 3.10. The van der Waals surface area contributed by atoms with Gasteiger partial charge in [-0.1, -0.05) is 0 Å². The number of thiophene rings is 1. The summed E-state index contributed by atoms with van der Waals surface area (Å²) >= 11 is 0.779. The zero-order chi connectivity index (χ0) is 12.2. The second kappa shape index (κ2) is 5.31. The molecule has 0 aliphatic rings. The maximum absolute atomic E-state index is 12.2. The summed E-state index contributed by atoms with van der Waals surface area (Å²) in [6, 6.07) is 0.850. The second-order valence-corrected chi connectivity index (χ2v) is 4.01. The van der Waals surface area contributed by atoms with E-state index in [9.17, 15) is 18.0 Å². The van der Waals surface area contributed by atoms with Gasteiger partial charge in [0, 0.05) is 11.9 Å². The molecule has 7 heteroatoms. The first-order valence-electron chi connectivity index (χ1n) is 4.59. The molecule has 3 N–H and O–H groups in total. The normalized spacial score (nSPS) is 11.5. The summed E-state index contributed by atoms with van der Waals surface area (Å²) in [6.07, 6.45) is -3.80. The van der Waals surface area contributed by atoms with Crippen molar-refractivity contribution in [2.75, 3.05) is 13.1 Å². The van der Waals surface area contributed by atoms with Crippen LogP contribution in [-0.2, 0) is 6.18 Å². The van der Waals surface area contributed by atoms with Crippen molar-refractivity contribution in [3.8, 4) is 0 Å². The lowest BCUT2D eigenvalue weighted by Gasteiger charge is -2.02. The highest BCUT2D eigenvalue weighted by Gasteiger charge is 2.32. The molecule has 0 spiro atoms. The molecule has 0 radical (unpaired) electrons. The molecule has 0 fully saturated rings. The fraction of sp³-hybridized carbons (Fsp3) is 0.444. The van der Waals surface area contributed by atoms with E-state index in [0.717, 1.165) is 22.8 Å². The minimum atomic E-state index is -4.40. The lowest BCUT2D eigenvalue weighted by Crippen LogP contribution is -2.25. The molecule has 3 nitrogen and oxygen atoms in total. The van der Waals surface area contributed by atoms with Crippen molar-refractivity contribution in [3.63, 3.8) is 0 Å². The van der Waals surface area contributed by atoms with Crippen molar-refractivity contribution in [1.82, 2.24) is 5.32 Å². The van der Waals surface area contributed by atoms with Crippen LogP contribution in [0.25, 0.3) is 0 Å². The first kappa shape index (κ1) is 13.0. The van der Waals surface area contributed by atoms with Crippen LogP contribution >= 0.6 is 11.3 Å². The van der Waals surface area contributed by atoms with E-state index in [2.05, 4.69) is 5.32 Å². The summed E-state index contributed by atoms with van der Waals surface area (Å²) in [5, 5.41) is 3.42. The molecule has 0 bridgehead atoms. The number of hydrogen-bond acceptors (Lipinski definition) is 3. The van der Waals surface area contributed by atoms with Gasteiger partial charge in [-0.2, -0.15) is 13.2 Å².